The van der Waals surface area contributed by atoms with Gasteiger partial charge in [-0.05, 0) is 43.7 Å². The number of aromatic hydroxyl groups is 1. The lowest BCUT2D eigenvalue weighted by Crippen LogP contribution is -2.18. The van der Waals surface area contributed by atoms with Crippen molar-refractivity contribution in [3.05, 3.63) is 23.8 Å². The van der Waals surface area contributed by atoms with Gasteiger partial charge >= 0.3 is 0 Å². The van der Waals surface area contributed by atoms with E-state index in [0.717, 1.165) is 17.2 Å². The zero-order chi connectivity index (χ0) is 12.3. The van der Waals surface area contributed by atoms with Gasteiger partial charge in [-0.2, -0.15) is 0 Å². The average Bonchev–Trinajstić information content (AvgIpc) is 2.49. The lowest BCUT2D eigenvalue weighted by atomic mass is 10.0. The zero-order valence-electron chi connectivity index (χ0n) is 10.9. The first-order valence-corrected chi connectivity index (χ1v) is 6.71. The molecule has 0 spiro atoms. The molecule has 1 aliphatic rings. The van der Waals surface area contributed by atoms with E-state index in [1.807, 2.05) is 19.1 Å². The van der Waals surface area contributed by atoms with E-state index in [-0.39, 0.29) is 0 Å². The number of phenols is 1. The number of aryl methyl sites for hydroxylation is 1. The van der Waals surface area contributed by atoms with Crippen LogP contribution in [0, 0.1) is 12.8 Å². The average molecular weight is 233 g/mol. The molecular weight excluding hydrogens is 210 g/mol. The molecule has 1 fully saturated rings. The highest BCUT2D eigenvalue weighted by Gasteiger charge is 2.15. The van der Waals surface area contributed by atoms with Crippen LogP contribution in [0.5, 0.6) is 5.75 Å². The van der Waals surface area contributed by atoms with Crippen LogP contribution in [-0.4, -0.2) is 11.1 Å². The van der Waals surface area contributed by atoms with E-state index in [4.69, 9.17) is 0 Å². The Morgan fingerprint density at radius 1 is 1.18 bits per heavy atom. The van der Waals surface area contributed by atoms with Gasteiger partial charge in [-0.25, -0.2) is 0 Å². The van der Waals surface area contributed by atoms with Gasteiger partial charge in [0.15, 0.2) is 0 Å². The first-order chi connectivity index (χ1) is 8.15. The normalized spacial score (nSPS) is 25.3. The Morgan fingerprint density at radius 3 is 2.76 bits per heavy atom. The summed E-state index contributed by atoms with van der Waals surface area (Å²) in [5.74, 6) is 1.25. The summed E-state index contributed by atoms with van der Waals surface area (Å²) in [4.78, 5) is 0. The summed E-state index contributed by atoms with van der Waals surface area (Å²) < 4.78 is 0. The van der Waals surface area contributed by atoms with E-state index in [9.17, 15) is 5.11 Å². The van der Waals surface area contributed by atoms with Gasteiger partial charge in [-0.1, -0.05) is 25.8 Å². The Hall–Kier alpha value is -1.18. The second-order valence-corrected chi connectivity index (χ2v) is 5.46. The van der Waals surface area contributed by atoms with Crippen LogP contribution in [0.25, 0.3) is 0 Å². The van der Waals surface area contributed by atoms with Crippen molar-refractivity contribution in [1.82, 2.24) is 0 Å². The molecule has 17 heavy (non-hydrogen) atoms. The van der Waals surface area contributed by atoms with Crippen LogP contribution in [0.4, 0.5) is 5.69 Å². The summed E-state index contributed by atoms with van der Waals surface area (Å²) in [6.45, 7) is 4.27. The number of anilines is 1. The van der Waals surface area contributed by atoms with Crippen LogP contribution in [0.15, 0.2) is 18.2 Å². The Balaban J connectivity index is 1.97. The molecule has 2 N–H and O–H groups in total. The molecule has 1 aromatic rings. The summed E-state index contributed by atoms with van der Waals surface area (Å²) in [7, 11) is 0. The molecule has 2 unspecified atom stereocenters. The number of nitrogens with one attached hydrogen (secondary N) is 1. The molecule has 1 saturated carbocycles. The quantitative estimate of drug-likeness (QED) is 0.754. The van der Waals surface area contributed by atoms with Gasteiger partial charge in [-0.3, -0.25) is 0 Å². The maximum Gasteiger partial charge on any atom is 0.120 e. The molecule has 0 aliphatic heterocycles. The SMILES string of the molecule is Cc1ccc(NC2CCCC(C)CC2)cc1O. The van der Waals surface area contributed by atoms with Crippen molar-refractivity contribution >= 4 is 5.69 Å². The fourth-order valence-electron chi connectivity index (χ4n) is 2.57. The van der Waals surface area contributed by atoms with Gasteiger partial charge in [0, 0.05) is 17.8 Å². The van der Waals surface area contributed by atoms with Gasteiger partial charge < -0.3 is 10.4 Å². The highest BCUT2D eigenvalue weighted by molar-refractivity contribution is 5.51. The third kappa shape index (κ3) is 3.39. The smallest absolute Gasteiger partial charge is 0.120 e. The van der Waals surface area contributed by atoms with Gasteiger partial charge in [0.05, 0.1) is 0 Å². The lowest BCUT2D eigenvalue weighted by Gasteiger charge is -2.18. The molecular formula is C15H23NO. The third-order valence-corrected chi connectivity index (χ3v) is 3.84. The van der Waals surface area contributed by atoms with Gasteiger partial charge in [0.2, 0.25) is 0 Å². The standard InChI is InChI=1S/C15H23NO/c1-11-4-3-5-13(8-6-11)16-14-9-7-12(2)15(17)10-14/h7,9-11,13,16-17H,3-6,8H2,1-2H3. The molecule has 1 aliphatic carbocycles. The van der Waals surface area contributed by atoms with E-state index in [1.54, 1.807) is 0 Å². The predicted octanol–water partition coefficient (Wildman–Crippen LogP) is 4.08. The fourth-order valence-corrected chi connectivity index (χ4v) is 2.57. The minimum absolute atomic E-state index is 0.386. The minimum Gasteiger partial charge on any atom is -0.508 e. The van der Waals surface area contributed by atoms with Crippen LogP contribution in [-0.2, 0) is 0 Å². The topological polar surface area (TPSA) is 32.3 Å². The number of hydrogen-bond acceptors (Lipinski definition) is 2. The van der Waals surface area contributed by atoms with Crippen molar-refractivity contribution in [2.24, 2.45) is 5.92 Å². The zero-order valence-corrected chi connectivity index (χ0v) is 10.9. The molecule has 0 heterocycles. The molecule has 94 valence electrons. The summed E-state index contributed by atoms with van der Waals surface area (Å²) in [5.41, 5.74) is 1.98. The molecule has 0 amide bonds. The van der Waals surface area contributed by atoms with Crippen LogP contribution in [0.3, 0.4) is 0 Å². The Bertz CT molecular complexity index is 375. The molecule has 2 atom stereocenters. The molecule has 2 rings (SSSR count). The summed E-state index contributed by atoms with van der Waals surface area (Å²) >= 11 is 0. The van der Waals surface area contributed by atoms with Crippen molar-refractivity contribution in [2.75, 3.05) is 5.32 Å². The van der Waals surface area contributed by atoms with Crippen LogP contribution < -0.4 is 5.32 Å². The highest BCUT2D eigenvalue weighted by Crippen LogP contribution is 2.27. The van der Waals surface area contributed by atoms with Gasteiger partial charge in [-0.15, -0.1) is 0 Å². The largest absolute Gasteiger partial charge is 0.508 e. The summed E-state index contributed by atoms with van der Waals surface area (Å²) in [6.07, 6.45) is 6.48. The maximum atomic E-state index is 9.69. The third-order valence-electron chi connectivity index (χ3n) is 3.84. The highest BCUT2D eigenvalue weighted by atomic mass is 16.3. The maximum absolute atomic E-state index is 9.69. The molecule has 0 radical (unpaired) electrons. The van der Waals surface area contributed by atoms with E-state index in [2.05, 4.69) is 18.3 Å². The molecule has 2 nitrogen and oxygen atoms in total. The lowest BCUT2D eigenvalue weighted by molar-refractivity contribution is 0.471. The van der Waals surface area contributed by atoms with Crippen LogP contribution in [0.1, 0.15) is 44.6 Å². The number of phenolic OH excluding ortho intramolecular Hbond substituents is 1. The molecule has 2 heteroatoms. The molecule has 0 aromatic heterocycles. The molecule has 0 saturated heterocycles. The van der Waals surface area contributed by atoms with E-state index in [0.29, 0.717) is 11.8 Å². The molecule has 0 bridgehead atoms. The van der Waals surface area contributed by atoms with Crippen molar-refractivity contribution in [2.45, 2.75) is 52.0 Å². The van der Waals surface area contributed by atoms with Crippen molar-refractivity contribution < 1.29 is 5.11 Å². The van der Waals surface area contributed by atoms with Gasteiger partial charge in [0.25, 0.3) is 0 Å². The minimum atomic E-state index is 0.386. The Labute approximate surface area is 104 Å². The van der Waals surface area contributed by atoms with Crippen molar-refractivity contribution in [1.29, 1.82) is 0 Å². The first-order valence-electron chi connectivity index (χ1n) is 6.71. The second-order valence-electron chi connectivity index (χ2n) is 5.46. The van der Waals surface area contributed by atoms with Gasteiger partial charge in [0.1, 0.15) is 5.75 Å². The Kier molecular flexibility index (Phi) is 3.93. The first kappa shape index (κ1) is 12.3. The Morgan fingerprint density at radius 2 is 2.00 bits per heavy atom. The number of benzene rings is 1. The fraction of sp³-hybridized carbons (Fsp3) is 0.600. The van der Waals surface area contributed by atoms with Crippen molar-refractivity contribution in [3.63, 3.8) is 0 Å². The summed E-state index contributed by atoms with van der Waals surface area (Å²) in [6, 6.07) is 6.44. The van der Waals surface area contributed by atoms with Crippen molar-refractivity contribution in [3.8, 4) is 5.75 Å². The number of rotatable bonds is 2. The number of hydrogen-bond donors (Lipinski definition) is 2. The van der Waals surface area contributed by atoms with E-state index < -0.39 is 0 Å². The van der Waals surface area contributed by atoms with E-state index >= 15 is 0 Å². The predicted molar refractivity (Wildman–Crippen MR) is 72.5 cm³/mol. The molecule has 1 aromatic carbocycles. The van der Waals surface area contributed by atoms with Crippen LogP contribution >= 0.6 is 0 Å². The monoisotopic (exact) mass is 233 g/mol. The second kappa shape index (κ2) is 5.44. The summed E-state index contributed by atoms with van der Waals surface area (Å²) in [5, 5.41) is 13.2. The van der Waals surface area contributed by atoms with E-state index in [1.165, 1.54) is 32.1 Å². The van der Waals surface area contributed by atoms with Crippen LogP contribution in [0.2, 0.25) is 0 Å².